The van der Waals surface area contributed by atoms with Crippen molar-refractivity contribution < 1.29 is 33.2 Å². The predicted octanol–water partition coefficient (Wildman–Crippen LogP) is 4.51. The third-order valence-corrected chi connectivity index (χ3v) is 5.82. The van der Waals surface area contributed by atoms with E-state index in [0.717, 1.165) is 30.6 Å². The zero-order valence-corrected chi connectivity index (χ0v) is 21.5. The second-order valence-electron chi connectivity index (χ2n) is 8.23. The molecule has 0 aromatic heterocycles. The molecular weight excluding hydrogens is 462 g/mol. The van der Waals surface area contributed by atoms with Gasteiger partial charge in [-0.1, -0.05) is 18.7 Å². The summed E-state index contributed by atoms with van der Waals surface area (Å²) in [4.78, 5) is 15.1. The molecule has 1 aliphatic rings. The first-order valence-electron chi connectivity index (χ1n) is 11.8. The maximum absolute atomic E-state index is 13.3. The molecule has 0 radical (unpaired) electrons. The van der Waals surface area contributed by atoms with Crippen LogP contribution in [0.3, 0.4) is 0 Å². The minimum absolute atomic E-state index is 0.0145. The van der Waals surface area contributed by atoms with Gasteiger partial charge in [-0.2, -0.15) is 0 Å². The summed E-state index contributed by atoms with van der Waals surface area (Å²) in [5, 5.41) is 0. The SMILES string of the molecule is C=CCOc1ccc(CN(CC2CCCO2)C(=O)/C=C/c2cc(OC)c(OC)c(OC)c2)cc1OC. The topological polar surface area (TPSA) is 75.7 Å². The Hall–Kier alpha value is -3.65. The fourth-order valence-corrected chi connectivity index (χ4v) is 4.04. The lowest BCUT2D eigenvalue weighted by molar-refractivity contribution is -0.128. The van der Waals surface area contributed by atoms with Crippen LogP contribution in [0, 0.1) is 0 Å². The van der Waals surface area contributed by atoms with Gasteiger partial charge in [0.2, 0.25) is 11.7 Å². The Morgan fingerprint density at radius 1 is 1.03 bits per heavy atom. The molecule has 1 heterocycles. The van der Waals surface area contributed by atoms with E-state index in [-0.39, 0.29) is 12.0 Å². The van der Waals surface area contributed by atoms with E-state index in [1.54, 1.807) is 63.7 Å². The van der Waals surface area contributed by atoms with E-state index in [1.165, 1.54) is 0 Å². The predicted molar refractivity (Wildman–Crippen MR) is 138 cm³/mol. The number of hydrogen-bond donors (Lipinski definition) is 0. The van der Waals surface area contributed by atoms with Gasteiger partial charge in [0.25, 0.3) is 0 Å². The Labute approximate surface area is 213 Å². The van der Waals surface area contributed by atoms with Crippen molar-refractivity contribution in [2.75, 3.05) is 48.2 Å². The molecule has 0 saturated carbocycles. The zero-order valence-electron chi connectivity index (χ0n) is 21.5. The highest BCUT2D eigenvalue weighted by atomic mass is 16.5. The van der Waals surface area contributed by atoms with E-state index >= 15 is 0 Å². The number of ether oxygens (including phenoxy) is 6. The minimum atomic E-state index is -0.134. The van der Waals surface area contributed by atoms with Gasteiger partial charge in [0.05, 0.1) is 34.5 Å². The highest BCUT2D eigenvalue weighted by Crippen LogP contribution is 2.38. The molecule has 1 unspecified atom stereocenters. The van der Waals surface area contributed by atoms with E-state index in [0.29, 0.717) is 48.4 Å². The van der Waals surface area contributed by atoms with Gasteiger partial charge in [-0.05, 0) is 54.3 Å². The van der Waals surface area contributed by atoms with Crippen molar-refractivity contribution in [3.8, 4) is 28.7 Å². The fourth-order valence-electron chi connectivity index (χ4n) is 4.04. The van der Waals surface area contributed by atoms with E-state index < -0.39 is 0 Å². The lowest BCUT2D eigenvalue weighted by Gasteiger charge is -2.25. The summed E-state index contributed by atoms with van der Waals surface area (Å²) >= 11 is 0. The van der Waals surface area contributed by atoms with Crippen molar-refractivity contribution in [2.45, 2.75) is 25.5 Å². The molecule has 0 bridgehead atoms. The number of hydrogen-bond acceptors (Lipinski definition) is 7. The summed E-state index contributed by atoms with van der Waals surface area (Å²) in [6.07, 6.45) is 6.90. The quantitative estimate of drug-likeness (QED) is 0.298. The minimum Gasteiger partial charge on any atom is -0.493 e. The monoisotopic (exact) mass is 497 g/mol. The molecule has 0 aliphatic carbocycles. The van der Waals surface area contributed by atoms with Gasteiger partial charge in [0.1, 0.15) is 6.61 Å². The van der Waals surface area contributed by atoms with Crippen LogP contribution in [-0.4, -0.2) is 65.1 Å². The second-order valence-corrected chi connectivity index (χ2v) is 8.23. The lowest BCUT2D eigenvalue weighted by atomic mass is 10.1. The van der Waals surface area contributed by atoms with Gasteiger partial charge in [0, 0.05) is 25.8 Å². The molecule has 2 aromatic rings. The number of carbonyl (C=O) groups excluding carboxylic acids is 1. The van der Waals surface area contributed by atoms with Crippen LogP contribution in [0.25, 0.3) is 6.08 Å². The van der Waals surface area contributed by atoms with E-state index in [9.17, 15) is 4.79 Å². The van der Waals surface area contributed by atoms with Crippen molar-refractivity contribution in [1.29, 1.82) is 0 Å². The van der Waals surface area contributed by atoms with Gasteiger partial charge < -0.3 is 33.3 Å². The number of benzene rings is 2. The summed E-state index contributed by atoms with van der Waals surface area (Å²) in [6, 6.07) is 9.25. The zero-order chi connectivity index (χ0) is 25.9. The molecule has 1 fully saturated rings. The number of carbonyl (C=O) groups is 1. The van der Waals surface area contributed by atoms with Crippen molar-refractivity contribution in [3.05, 3.63) is 60.2 Å². The van der Waals surface area contributed by atoms with Crippen LogP contribution in [0.5, 0.6) is 28.7 Å². The van der Waals surface area contributed by atoms with Crippen LogP contribution in [-0.2, 0) is 16.1 Å². The number of nitrogens with zero attached hydrogens (tertiary/aromatic N) is 1. The van der Waals surface area contributed by atoms with Crippen LogP contribution in [0.2, 0.25) is 0 Å². The van der Waals surface area contributed by atoms with Crippen molar-refractivity contribution in [1.82, 2.24) is 4.90 Å². The highest BCUT2D eigenvalue weighted by molar-refractivity contribution is 5.92. The Balaban J connectivity index is 1.82. The Morgan fingerprint density at radius 2 is 1.75 bits per heavy atom. The normalized spacial score (nSPS) is 14.9. The molecule has 36 heavy (non-hydrogen) atoms. The Bertz CT molecular complexity index is 1030. The van der Waals surface area contributed by atoms with Gasteiger partial charge in [-0.3, -0.25) is 4.79 Å². The van der Waals surface area contributed by atoms with Crippen LogP contribution >= 0.6 is 0 Å². The number of methoxy groups -OCH3 is 4. The Morgan fingerprint density at radius 3 is 2.33 bits per heavy atom. The lowest BCUT2D eigenvalue weighted by Crippen LogP contribution is -2.35. The average Bonchev–Trinajstić information content (AvgIpc) is 3.42. The van der Waals surface area contributed by atoms with Crippen molar-refractivity contribution in [2.24, 2.45) is 0 Å². The Kier molecular flexibility index (Phi) is 10.1. The van der Waals surface area contributed by atoms with Crippen molar-refractivity contribution in [3.63, 3.8) is 0 Å². The smallest absolute Gasteiger partial charge is 0.246 e. The fraction of sp³-hybridized carbons (Fsp3) is 0.393. The molecule has 194 valence electrons. The summed E-state index contributed by atoms with van der Waals surface area (Å²) in [5.74, 6) is 2.63. The molecule has 1 amide bonds. The van der Waals surface area contributed by atoms with E-state index in [2.05, 4.69) is 6.58 Å². The standard InChI is InChI=1S/C28H35NO7/c1-6-13-36-23-11-9-21(17-24(23)31-2)18-29(19-22-8-7-14-35-22)27(30)12-10-20-15-25(32-3)28(34-5)26(16-20)33-4/h6,9-12,15-17,22H,1,7-8,13-14,18-19H2,2-5H3/b12-10+. The first kappa shape index (κ1) is 26.9. The average molecular weight is 498 g/mol. The third-order valence-electron chi connectivity index (χ3n) is 5.82. The first-order chi connectivity index (χ1) is 17.5. The molecule has 1 saturated heterocycles. The molecule has 2 aromatic carbocycles. The van der Waals surface area contributed by atoms with Gasteiger partial charge in [-0.25, -0.2) is 0 Å². The van der Waals surface area contributed by atoms with E-state index in [1.807, 2.05) is 18.2 Å². The molecular formula is C28H35NO7. The van der Waals surface area contributed by atoms with Crippen LogP contribution in [0.1, 0.15) is 24.0 Å². The second kappa shape index (κ2) is 13.4. The van der Waals surface area contributed by atoms with Gasteiger partial charge in [0.15, 0.2) is 23.0 Å². The summed E-state index contributed by atoms with van der Waals surface area (Å²) in [5.41, 5.74) is 1.67. The molecule has 3 rings (SSSR count). The van der Waals surface area contributed by atoms with Crippen molar-refractivity contribution >= 4 is 12.0 Å². The summed E-state index contributed by atoms with van der Waals surface area (Å²) in [6.45, 7) is 5.67. The van der Waals surface area contributed by atoms with Gasteiger partial charge in [-0.15, -0.1) is 0 Å². The summed E-state index contributed by atoms with van der Waals surface area (Å²) < 4.78 is 33.2. The number of amides is 1. The molecule has 8 nitrogen and oxygen atoms in total. The maximum Gasteiger partial charge on any atom is 0.246 e. The van der Waals surface area contributed by atoms with Gasteiger partial charge >= 0.3 is 0 Å². The molecule has 1 aliphatic heterocycles. The van der Waals surface area contributed by atoms with Crippen LogP contribution in [0.15, 0.2) is 49.1 Å². The number of rotatable bonds is 13. The largest absolute Gasteiger partial charge is 0.493 e. The summed E-state index contributed by atoms with van der Waals surface area (Å²) in [7, 11) is 6.26. The van der Waals surface area contributed by atoms with Crippen LogP contribution in [0.4, 0.5) is 0 Å². The highest BCUT2D eigenvalue weighted by Gasteiger charge is 2.22. The molecule has 0 N–H and O–H groups in total. The molecule has 0 spiro atoms. The molecule has 8 heteroatoms. The van der Waals surface area contributed by atoms with E-state index in [4.69, 9.17) is 28.4 Å². The third kappa shape index (κ3) is 6.95. The first-order valence-corrected chi connectivity index (χ1v) is 11.8. The maximum atomic E-state index is 13.3. The van der Waals surface area contributed by atoms with Crippen LogP contribution < -0.4 is 23.7 Å². The molecule has 1 atom stereocenters.